The smallest absolute Gasteiger partial charge is 0.179 e. The first-order valence-electron chi connectivity index (χ1n) is 5.53. The van der Waals surface area contributed by atoms with Gasteiger partial charge in [0.2, 0.25) is 0 Å². The molecule has 90 valence electrons. The van der Waals surface area contributed by atoms with Crippen LogP contribution in [0.15, 0.2) is 33.5 Å². The zero-order chi connectivity index (χ0) is 12.3. The van der Waals surface area contributed by atoms with Crippen molar-refractivity contribution in [2.45, 2.75) is 35.5 Å². The number of aryl methyl sites for hydroxylation is 1. The molecule has 2 N–H and O–H groups in total. The third-order valence-corrected chi connectivity index (χ3v) is 4.44. The third-order valence-electron chi connectivity index (χ3n) is 2.46. The lowest BCUT2D eigenvalue weighted by Gasteiger charge is -2.13. The van der Waals surface area contributed by atoms with Crippen LogP contribution in [-0.2, 0) is 0 Å². The largest absolute Gasteiger partial charge is 0.324 e. The molecule has 2 aromatic rings. The van der Waals surface area contributed by atoms with E-state index in [9.17, 15) is 0 Å². The van der Waals surface area contributed by atoms with E-state index in [1.54, 1.807) is 23.1 Å². The predicted molar refractivity (Wildman–Crippen MR) is 72.4 cm³/mol. The highest BCUT2D eigenvalue weighted by Crippen LogP contribution is 2.34. The molecular formula is C12H15N3S2. The second-order valence-electron chi connectivity index (χ2n) is 3.74. The van der Waals surface area contributed by atoms with Crippen molar-refractivity contribution in [3.8, 4) is 0 Å². The summed E-state index contributed by atoms with van der Waals surface area (Å²) in [7, 11) is 0. The van der Waals surface area contributed by atoms with Gasteiger partial charge in [0.15, 0.2) is 4.34 Å². The number of benzene rings is 1. The standard InChI is InChI=1S/C12H15N3S2/c1-3-10(13)9-6-4-5-7-11(9)17-12-15-14-8(2)16-12/h4-7,10H,3,13H2,1-2H3. The Morgan fingerprint density at radius 2 is 2.12 bits per heavy atom. The Morgan fingerprint density at radius 1 is 1.35 bits per heavy atom. The van der Waals surface area contributed by atoms with Crippen LogP contribution in [0.2, 0.25) is 0 Å². The Kier molecular flexibility index (Phi) is 4.15. The van der Waals surface area contributed by atoms with Gasteiger partial charge < -0.3 is 5.73 Å². The fourth-order valence-electron chi connectivity index (χ4n) is 1.51. The maximum absolute atomic E-state index is 6.11. The number of hydrogen-bond donors (Lipinski definition) is 1. The average Bonchev–Trinajstić information content (AvgIpc) is 2.74. The molecule has 0 fully saturated rings. The molecule has 1 aromatic carbocycles. The Morgan fingerprint density at radius 3 is 2.76 bits per heavy atom. The molecule has 3 nitrogen and oxygen atoms in total. The lowest BCUT2D eigenvalue weighted by atomic mass is 10.1. The van der Waals surface area contributed by atoms with E-state index in [1.165, 1.54) is 10.5 Å². The van der Waals surface area contributed by atoms with E-state index in [0.29, 0.717) is 0 Å². The lowest BCUT2D eigenvalue weighted by Crippen LogP contribution is -2.09. The van der Waals surface area contributed by atoms with Crippen LogP contribution in [-0.4, -0.2) is 10.2 Å². The minimum Gasteiger partial charge on any atom is -0.324 e. The molecule has 2 rings (SSSR count). The van der Waals surface area contributed by atoms with Crippen molar-refractivity contribution in [3.63, 3.8) is 0 Å². The second-order valence-corrected chi connectivity index (χ2v) is 6.21. The molecule has 0 radical (unpaired) electrons. The van der Waals surface area contributed by atoms with E-state index in [0.717, 1.165) is 15.8 Å². The van der Waals surface area contributed by atoms with Gasteiger partial charge in [0.1, 0.15) is 5.01 Å². The number of hydrogen-bond acceptors (Lipinski definition) is 5. The first-order chi connectivity index (χ1) is 8.20. The van der Waals surface area contributed by atoms with Crippen LogP contribution in [0.1, 0.15) is 30.0 Å². The van der Waals surface area contributed by atoms with Gasteiger partial charge in [0.25, 0.3) is 0 Å². The minimum absolute atomic E-state index is 0.0905. The lowest BCUT2D eigenvalue weighted by molar-refractivity contribution is 0.685. The summed E-state index contributed by atoms with van der Waals surface area (Å²) in [6.45, 7) is 4.06. The summed E-state index contributed by atoms with van der Waals surface area (Å²) in [6, 6.07) is 8.33. The molecule has 17 heavy (non-hydrogen) atoms. The fraction of sp³-hybridized carbons (Fsp3) is 0.333. The van der Waals surface area contributed by atoms with Crippen molar-refractivity contribution in [1.29, 1.82) is 0 Å². The van der Waals surface area contributed by atoms with Gasteiger partial charge in [-0.1, -0.05) is 48.2 Å². The van der Waals surface area contributed by atoms with Crippen LogP contribution >= 0.6 is 23.1 Å². The Balaban J connectivity index is 2.26. The van der Waals surface area contributed by atoms with Gasteiger partial charge in [-0.25, -0.2) is 0 Å². The van der Waals surface area contributed by atoms with Gasteiger partial charge in [-0.15, -0.1) is 10.2 Å². The zero-order valence-corrected chi connectivity index (χ0v) is 11.5. The molecule has 1 atom stereocenters. The summed E-state index contributed by atoms with van der Waals surface area (Å²) in [5.74, 6) is 0. The minimum atomic E-state index is 0.0905. The van der Waals surface area contributed by atoms with Crippen LogP contribution in [0.5, 0.6) is 0 Å². The molecule has 0 aliphatic heterocycles. The van der Waals surface area contributed by atoms with Crippen molar-refractivity contribution < 1.29 is 0 Å². The number of nitrogens with two attached hydrogens (primary N) is 1. The quantitative estimate of drug-likeness (QED) is 0.920. The molecule has 0 saturated carbocycles. The molecule has 0 saturated heterocycles. The van der Waals surface area contributed by atoms with E-state index in [4.69, 9.17) is 5.73 Å². The zero-order valence-electron chi connectivity index (χ0n) is 9.88. The topological polar surface area (TPSA) is 51.8 Å². The summed E-state index contributed by atoms with van der Waals surface area (Å²) in [5, 5.41) is 9.14. The Labute approximate surface area is 109 Å². The first-order valence-corrected chi connectivity index (χ1v) is 7.16. The normalized spacial score (nSPS) is 12.6. The summed E-state index contributed by atoms with van der Waals surface area (Å²) in [4.78, 5) is 1.18. The molecular weight excluding hydrogens is 250 g/mol. The van der Waals surface area contributed by atoms with Gasteiger partial charge in [0, 0.05) is 10.9 Å². The summed E-state index contributed by atoms with van der Waals surface area (Å²) >= 11 is 3.25. The molecule has 1 heterocycles. The van der Waals surface area contributed by atoms with Crippen LogP contribution in [0.4, 0.5) is 0 Å². The second kappa shape index (κ2) is 5.62. The summed E-state index contributed by atoms with van der Waals surface area (Å²) in [6.07, 6.45) is 0.937. The molecule has 0 bridgehead atoms. The van der Waals surface area contributed by atoms with Gasteiger partial charge in [-0.2, -0.15) is 0 Å². The van der Waals surface area contributed by atoms with Gasteiger partial charge >= 0.3 is 0 Å². The van der Waals surface area contributed by atoms with Crippen LogP contribution < -0.4 is 5.73 Å². The molecule has 0 aliphatic carbocycles. The predicted octanol–water partition coefficient (Wildman–Crippen LogP) is 3.41. The SMILES string of the molecule is CCC(N)c1ccccc1Sc1nnc(C)s1. The van der Waals surface area contributed by atoms with E-state index in [-0.39, 0.29) is 6.04 Å². The summed E-state index contributed by atoms with van der Waals surface area (Å²) < 4.78 is 0.971. The van der Waals surface area contributed by atoms with Crippen molar-refractivity contribution in [3.05, 3.63) is 34.8 Å². The van der Waals surface area contributed by atoms with E-state index in [2.05, 4.69) is 29.3 Å². The van der Waals surface area contributed by atoms with Crippen LogP contribution in [0.25, 0.3) is 0 Å². The van der Waals surface area contributed by atoms with E-state index >= 15 is 0 Å². The number of rotatable bonds is 4. The molecule has 0 spiro atoms. The van der Waals surface area contributed by atoms with Crippen molar-refractivity contribution >= 4 is 23.1 Å². The summed E-state index contributed by atoms with van der Waals surface area (Å²) in [5.41, 5.74) is 7.30. The molecule has 1 unspecified atom stereocenters. The Bertz CT molecular complexity index is 496. The maximum Gasteiger partial charge on any atom is 0.179 e. The number of nitrogens with zero attached hydrogens (tertiary/aromatic N) is 2. The molecule has 5 heteroatoms. The van der Waals surface area contributed by atoms with Crippen molar-refractivity contribution in [1.82, 2.24) is 10.2 Å². The highest BCUT2D eigenvalue weighted by molar-refractivity contribution is 8.01. The Hall–Kier alpha value is -0.910. The monoisotopic (exact) mass is 265 g/mol. The van der Waals surface area contributed by atoms with Crippen molar-refractivity contribution in [2.75, 3.05) is 0 Å². The van der Waals surface area contributed by atoms with Gasteiger partial charge in [-0.05, 0) is 25.0 Å². The van der Waals surface area contributed by atoms with Crippen LogP contribution in [0, 0.1) is 6.92 Å². The highest BCUT2D eigenvalue weighted by Gasteiger charge is 2.11. The molecule has 0 amide bonds. The third kappa shape index (κ3) is 3.06. The van der Waals surface area contributed by atoms with Crippen molar-refractivity contribution in [2.24, 2.45) is 5.73 Å². The number of aromatic nitrogens is 2. The first kappa shape index (κ1) is 12.5. The highest BCUT2D eigenvalue weighted by atomic mass is 32.2. The average molecular weight is 265 g/mol. The van der Waals surface area contributed by atoms with Gasteiger partial charge in [0.05, 0.1) is 0 Å². The van der Waals surface area contributed by atoms with E-state index < -0.39 is 0 Å². The fourth-order valence-corrected chi connectivity index (χ4v) is 3.48. The molecule has 0 aliphatic rings. The molecule has 1 aromatic heterocycles. The van der Waals surface area contributed by atoms with E-state index in [1.807, 2.05) is 19.1 Å². The van der Waals surface area contributed by atoms with Crippen LogP contribution in [0.3, 0.4) is 0 Å². The maximum atomic E-state index is 6.11. The van der Waals surface area contributed by atoms with Gasteiger partial charge in [-0.3, -0.25) is 0 Å².